The molecular weight excluding hydrogens is 400 g/mol. The second-order valence-electron chi connectivity index (χ2n) is 6.46. The van der Waals surface area contributed by atoms with Crippen LogP contribution in [0.5, 0.6) is 0 Å². The van der Waals surface area contributed by atoms with Crippen molar-refractivity contribution in [3.8, 4) is 0 Å². The van der Waals surface area contributed by atoms with E-state index in [0.717, 1.165) is 5.56 Å². The largest absolute Gasteiger partial charge is 0.451 e. The van der Waals surface area contributed by atoms with Crippen molar-refractivity contribution in [2.75, 3.05) is 17.2 Å². The Morgan fingerprint density at radius 1 is 1.00 bits per heavy atom. The average molecular weight is 420 g/mol. The summed E-state index contributed by atoms with van der Waals surface area (Å²) in [5, 5.41) is 16.4. The molecule has 0 bridgehead atoms. The summed E-state index contributed by atoms with van der Waals surface area (Å²) in [4.78, 5) is 35.9. The molecule has 10 heteroatoms. The number of carbonyl (C=O) groups is 3. The third kappa shape index (κ3) is 6.07. The Bertz CT molecular complexity index is 1110. The zero-order valence-electron chi connectivity index (χ0n) is 16.9. The van der Waals surface area contributed by atoms with Crippen molar-refractivity contribution < 1.29 is 19.1 Å². The zero-order valence-corrected chi connectivity index (χ0v) is 16.9. The molecule has 0 fully saturated rings. The fraction of sp³-hybridized carbons (Fsp3) is 0.143. The molecule has 0 radical (unpaired) electrons. The number of aromatic nitrogens is 4. The number of nitrogens with one attached hydrogen (secondary N) is 2. The molecule has 0 saturated heterocycles. The van der Waals surface area contributed by atoms with E-state index in [1.165, 1.54) is 11.6 Å². The summed E-state index contributed by atoms with van der Waals surface area (Å²) in [5.74, 6) is -1.08. The van der Waals surface area contributed by atoms with Crippen LogP contribution in [0.15, 0.2) is 54.6 Å². The predicted octanol–water partition coefficient (Wildman–Crippen LogP) is 2.12. The molecule has 1 heterocycles. The molecule has 0 unspecified atom stereocenters. The second-order valence-corrected chi connectivity index (χ2v) is 6.46. The van der Waals surface area contributed by atoms with Gasteiger partial charge in [-0.15, -0.1) is 5.10 Å². The van der Waals surface area contributed by atoms with Gasteiger partial charge in [-0.25, -0.2) is 4.79 Å². The number of benzene rings is 2. The highest BCUT2D eigenvalue weighted by Crippen LogP contribution is 2.15. The fourth-order valence-electron chi connectivity index (χ4n) is 2.61. The predicted molar refractivity (Wildman–Crippen MR) is 113 cm³/mol. The first kappa shape index (κ1) is 21.4. The van der Waals surface area contributed by atoms with E-state index in [9.17, 15) is 14.4 Å². The van der Waals surface area contributed by atoms with E-state index in [1.807, 2.05) is 30.3 Å². The molecule has 0 spiro atoms. The fourth-order valence-corrected chi connectivity index (χ4v) is 2.61. The maximum absolute atomic E-state index is 12.7. The van der Waals surface area contributed by atoms with Crippen LogP contribution in [-0.4, -0.2) is 44.6 Å². The van der Waals surface area contributed by atoms with E-state index in [2.05, 4.69) is 26.2 Å². The minimum Gasteiger partial charge on any atom is -0.451 e. The lowest BCUT2D eigenvalue weighted by Crippen LogP contribution is -2.23. The monoisotopic (exact) mass is 420 g/mol. The summed E-state index contributed by atoms with van der Waals surface area (Å²) in [6.45, 7) is 2.55. The van der Waals surface area contributed by atoms with Gasteiger partial charge in [-0.2, -0.15) is 4.68 Å². The molecule has 31 heavy (non-hydrogen) atoms. The minimum atomic E-state index is -0.754. The topological polar surface area (TPSA) is 128 Å². The number of hydrogen-bond donors (Lipinski definition) is 2. The molecule has 3 rings (SSSR count). The number of ether oxygens (including phenoxy) is 1. The molecule has 2 amide bonds. The number of nitrogens with zero attached hydrogens (tertiary/aromatic N) is 4. The molecule has 0 aliphatic carbocycles. The Labute approximate surface area is 177 Å². The third-order valence-electron chi connectivity index (χ3n) is 3.99. The molecule has 0 saturated carbocycles. The van der Waals surface area contributed by atoms with E-state index in [-0.39, 0.29) is 11.6 Å². The van der Waals surface area contributed by atoms with Crippen LogP contribution in [0.3, 0.4) is 0 Å². The number of rotatable bonds is 7. The first-order chi connectivity index (χ1) is 14.9. The van der Waals surface area contributed by atoms with Gasteiger partial charge in [-0.05, 0) is 53.3 Å². The van der Waals surface area contributed by atoms with Gasteiger partial charge in [0.05, 0.1) is 0 Å². The van der Waals surface area contributed by atoms with Gasteiger partial charge < -0.3 is 15.4 Å². The Kier molecular flexibility index (Phi) is 6.84. The number of amides is 2. The molecular formula is C21H20N6O4. The second kappa shape index (κ2) is 9.92. The summed E-state index contributed by atoms with van der Waals surface area (Å²) in [6, 6.07) is 15.7. The quantitative estimate of drug-likeness (QED) is 0.442. The van der Waals surface area contributed by atoms with Gasteiger partial charge in [0.1, 0.15) is 0 Å². The van der Waals surface area contributed by atoms with Gasteiger partial charge in [0, 0.05) is 18.3 Å². The zero-order chi connectivity index (χ0) is 22.2. The van der Waals surface area contributed by atoms with E-state index >= 15 is 0 Å². The van der Waals surface area contributed by atoms with Gasteiger partial charge in [0.2, 0.25) is 5.91 Å². The third-order valence-corrected chi connectivity index (χ3v) is 3.99. The Hall–Kier alpha value is -4.34. The average Bonchev–Trinajstić information content (AvgIpc) is 3.17. The lowest BCUT2D eigenvalue weighted by molar-refractivity contribution is -0.141. The highest BCUT2D eigenvalue weighted by Gasteiger charge is 2.19. The Morgan fingerprint density at radius 2 is 1.65 bits per heavy atom. The van der Waals surface area contributed by atoms with E-state index < -0.39 is 18.5 Å². The summed E-state index contributed by atoms with van der Waals surface area (Å²) >= 11 is 0. The van der Waals surface area contributed by atoms with Crippen LogP contribution < -0.4 is 10.6 Å². The summed E-state index contributed by atoms with van der Waals surface area (Å²) < 4.78 is 6.42. The van der Waals surface area contributed by atoms with Gasteiger partial charge in [0.15, 0.2) is 18.1 Å². The maximum atomic E-state index is 12.7. The normalized spacial score (nSPS) is 11.0. The van der Waals surface area contributed by atoms with Crippen molar-refractivity contribution in [1.29, 1.82) is 0 Å². The molecule has 158 valence electrons. The standard InChI is InChI=1S/C21H20N6O4/c1-14-24-25-26-27(14)19(12-16-6-4-3-5-7-16)21(30)31-13-20(29)23-18-10-8-17(9-11-18)22-15(2)28/h3-12H,13H2,1-2H3,(H,22,28)(H,23,29)/b19-12+. The summed E-state index contributed by atoms with van der Waals surface area (Å²) in [6.07, 6.45) is 1.57. The first-order valence-electron chi connectivity index (χ1n) is 9.29. The number of aryl methyl sites for hydroxylation is 1. The van der Waals surface area contributed by atoms with Crippen molar-refractivity contribution in [3.63, 3.8) is 0 Å². The van der Waals surface area contributed by atoms with Gasteiger partial charge in [-0.1, -0.05) is 30.3 Å². The van der Waals surface area contributed by atoms with Crippen LogP contribution in [-0.2, 0) is 19.1 Å². The van der Waals surface area contributed by atoms with Crippen LogP contribution in [0.25, 0.3) is 11.8 Å². The molecule has 2 aromatic carbocycles. The van der Waals surface area contributed by atoms with E-state index in [4.69, 9.17) is 4.74 Å². The number of anilines is 2. The number of tetrazole rings is 1. The van der Waals surface area contributed by atoms with E-state index in [0.29, 0.717) is 17.2 Å². The molecule has 0 aliphatic rings. The Balaban J connectivity index is 1.65. The van der Waals surface area contributed by atoms with Crippen molar-refractivity contribution in [1.82, 2.24) is 20.2 Å². The highest BCUT2D eigenvalue weighted by atomic mass is 16.5. The first-order valence-corrected chi connectivity index (χ1v) is 9.29. The van der Waals surface area contributed by atoms with Crippen LogP contribution in [0, 0.1) is 6.92 Å². The van der Waals surface area contributed by atoms with Crippen molar-refractivity contribution in [3.05, 3.63) is 66.0 Å². The lowest BCUT2D eigenvalue weighted by atomic mass is 10.2. The van der Waals surface area contributed by atoms with Crippen molar-refractivity contribution in [2.24, 2.45) is 0 Å². The lowest BCUT2D eigenvalue weighted by Gasteiger charge is -2.10. The Morgan fingerprint density at radius 3 is 2.23 bits per heavy atom. The van der Waals surface area contributed by atoms with Crippen LogP contribution >= 0.6 is 0 Å². The highest BCUT2D eigenvalue weighted by molar-refractivity contribution is 6.15. The molecule has 2 N–H and O–H groups in total. The van der Waals surface area contributed by atoms with Crippen molar-refractivity contribution >= 4 is 40.9 Å². The summed E-state index contributed by atoms with van der Waals surface area (Å²) in [5.41, 5.74) is 1.91. The molecule has 10 nitrogen and oxygen atoms in total. The van der Waals surface area contributed by atoms with Gasteiger partial charge >= 0.3 is 5.97 Å². The van der Waals surface area contributed by atoms with Crippen LogP contribution in [0.4, 0.5) is 11.4 Å². The van der Waals surface area contributed by atoms with E-state index in [1.54, 1.807) is 37.3 Å². The SMILES string of the molecule is CC(=O)Nc1ccc(NC(=O)COC(=O)/C(=C\c2ccccc2)n2nnnc2C)cc1. The van der Waals surface area contributed by atoms with Crippen LogP contribution in [0.2, 0.25) is 0 Å². The molecule has 1 aromatic heterocycles. The number of esters is 1. The maximum Gasteiger partial charge on any atom is 0.357 e. The van der Waals surface area contributed by atoms with Gasteiger partial charge in [-0.3, -0.25) is 9.59 Å². The number of hydrogen-bond acceptors (Lipinski definition) is 7. The minimum absolute atomic E-state index is 0.0705. The molecule has 0 aliphatic heterocycles. The van der Waals surface area contributed by atoms with Crippen LogP contribution in [0.1, 0.15) is 18.3 Å². The molecule has 0 atom stereocenters. The smallest absolute Gasteiger partial charge is 0.357 e. The molecule has 3 aromatic rings. The summed E-state index contributed by atoms with van der Waals surface area (Å²) in [7, 11) is 0. The van der Waals surface area contributed by atoms with Crippen molar-refractivity contribution in [2.45, 2.75) is 13.8 Å². The van der Waals surface area contributed by atoms with Gasteiger partial charge in [0.25, 0.3) is 5.91 Å². The number of carbonyl (C=O) groups excluding carboxylic acids is 3.